The summed E-state index contributed by atoms with van der Waals surface area (Å²) in [7, 11) is 0. The standard InChI is InChI=1S/C16H15NOS/c1-3-12-7-8-19-16(12)15(18)14(10-17)13-6-4-5-11(2)9-13/h4-9,14H,3H2,1-2H3. The third-order valence-electron chi connectivity index (χ3n) is 3.12. The first kappa shape index (κ1) is 13.5. The summed E-state index contributed by atoms with van der Waals surface area (Å²) in [4.78, 5) is 13.2. The summed E-state index contributed by atoms with van der Waals surface area (Å²) in [6, 6.07) is 11.7. The van der Waals surface area contributed by atoms with E-state index in [0.717, 1.165) is 28.0 Å². The van der Waals surface area contributed by atoms with E-state index in [1.54, 1.807) is 0 Å². The van der Waals surface area contributed by atoms with E-state index in [9.17, 15) is 10.1 Å². The fourth-order valence-electron chi connectivity index (χ4n) is 2.10. The summed E-state index contributed by atoms with van der Waals surface area (Å²) in [5, 5.41) is 11.3. The average molecular weight is 269 g/mol. The number of hydrogen-bond acceptors (Lipinski definition) is 3. The number of hydrogen-bond donors (Lipinski definition) is 0. The van der Waals surface area contributed by atoms with Gasteiger partial charge in [0.2, 0.25) is 0 Å². The molecule has 0 N–H and O–H groups in total. The van der Waals surface area contributed by atoms with E-state index in [0.29, 0.717) is 0 Å². The van der Waals surface area contributed by atoms with Crippen LogP contribution >= 0.6 is 11.3 Å². The van der Waals surface area contributed by atoms with E-state index < -0.39 is 5.92 Å². The first-order valence-electron chi connectivity index (χ1n) is 6.24. The lowest BCUT2D eigenvalue weighted by molar-refractivity contribution is 0.0982. The Bertz CT molecular complexity index is 636. The molecule has 3 heteroatoms. The molecule has 1 heterocycles. The van der Waals surface area contributed by atoms with E-state index in [2.05, 4.69) is 6.07 Å². The van der Waals surface area contributed by atoms with Crippen molar-refractivity contribution >= 4 is 17.1 Å². The van der Waals surface area contributed by atoms with Crippen molar-refractivity contribution in [2.24, 2.45) is 0 Å². The van der Waals surface area contributed by atoms with Gasteiger partial charge in [-0.1, -0.05) is 36.8 Å². The number of nitrogens with zero attached hydrogens (tertiary/aromatic N) is 1. The van der Waals surface area contributed by atoms with Gasteiger partial charge in [-0.15, -0.1) is 11.3 Å². The molecular formula is C16H15NOS. The maximum Gasteiger partial charge on any atom is 0.194 e. The monoisotopic (exact) mass is 269 g/mol. The average Bonchev–Trinajstić information content (AvgIpc) is 2.87. The van der Waals surface area contributed by atoms with E-state index in [-0.39, 0.29) is 5.78 Å². The van der Waals surface area contributed by atoms with Gasteiger partial charge in [0.1, 0.15) is 5.92 Å². The van der Waals surface area contributed by atoms with Crippen LogP contribution in [0.5, 0.6) is 0 Å². The molecule has 1 atom stereocenters. The third kappa shape index (κ3) is 2.74. The van der Waals surface area contributed by atoms with E-state index >= 15 is 0 Å². The lowest BCUT2D eigenvalue weighted by atomic mass is 9.93. The molecule has 0 bridgehead atoms. The van der Waals surface area contributed by atoms with Crippen LogP contribution in [0.4, 0.5) is 0 Å². The predicted octanol–water partition coefficient (Wildman–Crippen LogP) is 4.11. The number of aryl methyl sites for hydroxylation is 2. The number of Topliss-reactive ketones (excluding diaryl/α,β-unsaturated/α-hetero) is 1. The second kappa shape index (κ2) is 5.81. The molecule has 2 nitrogen and oxygen atoms in total. The van der Waals surface area contributed by atoms with Gasteiger partial charge in [0.05, 0.1) is 10.9 Å². The molecule has 2 rings (SSSR count). The van der Waals surface area contributed by atoms with Gasteiger partial charge in [0.25, 0.3) is 0 Å². The van der Waals surface area contributed by atoms with Crippen molar-refractivity contribution in [2.45, 2.75) is 26.2 Å². The van der Waals surface area contributed by atoms with Crippen molar-refractivity contribution < 1.29 is 4.79 Å². The van der Waals surface area contributed by atoms with Gasteiger partial charge in [0, 0.05) is 0 Å². The van der Waals surface area contributed by atoms with Crippen molar-refractivity contribution in [3.8, 4) is 6.07 Å². The molecule has 0 spiro atoms. The van der Waals surface area contributed by atoms with Crippen LogP contribution in [0.1, 0.15) is 39.2 Å². The highest BCUT2D eigenvalue weighted by Crippen LogP contribution is 2.26. The van der Waals surface area contributed by atoms with E-state index in [1.165, 1.54) is 11.3 Å². The quantitative estimate of drug-likeness (QED) is 0.784. The number of carbonyl (C=O) groups is 1. The molecule has 19 heavy (non-hydrogen) atoms. The molecule has 0 aliphatic carbocycles. The highest BCUT2D eigenvalue weighted by Gasteiger charge is 2.24. The van der Waals surface area contributed by atoms with Gasteiger partial charge >= 0.3 is 0 Å². The minimum Gasteiger partial charge on any atom is -0.291 e. The number of ketones is 1. The van der Waals surface area contributed by atoms with E-state index in [4.69, 9.17) is 0 Å². The molecule has 0 aliphatic rings. The maximum atomic E-state index is 12.5. The highest BCUT2D eigenvalue weighted by molar-refractivity contribution is 7.12. The van der Waals surface area contributed by atoms with Gasteiger partial charge in [-0.3, -0.25) is 4.79 Å². The van der Waals surface area contributed by atoms with E-state index in [1.807, 2.05) is 49.6 Å². The van der Waals surface area contributed by atoms with Crippen LogP contribution < -0.4 is 0 Å². The fourth-order valence-corrected chi connectivity index (χ4v) is 3.06. The predicted molar refractivity (Wildman–Crippen MR) is 77.6 cm³/mol. The van der Waals surface area contributed by atoms with Gasteiger partial charge in [-0.05, 0) is 35.9 Å². The summed E-state index contributed by atoms with van der Waals surface area (Å²) in [6.45, 7) is 3.98. The van der Waals surface area contributed by atoms with Crippen molar-refractivity contribution in [3.05, 3.63) is 57.3 Å². The Morgan fingerprint density at radius 2 is 2.21 bits per heavy atom. The smallest absolute Gasteiger partial charge is 0.194 e. The molecule has 0 fully saturated rings. The second-order valence-corrected chi connectivity index (χ2v) is 5.39. The Morgan fingerprint density at radius 1 is 1.42 bits per heavy atom. The Balaban J connectivity index is 2.38. The number of carbonyl (C=O) groups excluding carboxylic acids is 1. The summed E-state index contributed by atoms with van der Waals surface area (Å²) in [6.07, 6.45) is 0.816. The molecule has 1 aromatic heterocycles. The summed E-state index contributed by atoms with van der Waals surface area (Å²) >= 11 is 1.42. The lowest BCUT2D eigenvalue weighted by Crippen LogP contribution is -2.11. The Labute approximate surface area is 117 Å². The summed E-state index contributed by atoms with van der Waals surface area (Å²) < 4.78 is 0. The first-order valence-corrected chi connectivity index (χ1v) is 7.12. The zero-order chi connectivity index (χ0) is 13.8. The number of benzene rings is 1. The Kier molecular flexibility index (Phi) is 4.13. The fraction of sp³-hybridized carbons (Fsp3) is 0.250. The highest BCUT2D eigenvalue weighted by atomic mass is 32.1. The largest absolute Gasteiger partial charge is 0.291 e. The van der Waals surface area contributed by atoms with Gasteiger partial charge in [-0.25, -0.2) is 0 Å². The van der Waals surface area contributed by atoms with Crippen LogP contribution in [0.3, 0.4) is 0 Å². The minimum absolute atomic E-state index is 0.0834. The zero-order valence-corrected chi connectivity index (χ0v) is 11.8. The van der Waals surface area contributed by atoms with Crippen LogP contribution in [0, 0.1) is 18.3 Å². The molecule has 1 unspecified atom stereocenters. The zero-order valence-electron chi connectivity index (χ0n) is 11.0. The Hall–Kier alpha value is -1.92. The van der Waals surface area contributed by atoms with Crippen molar-refractivity contribution in [1.82, 2.24) is 0 Å². The lowest BCUT2D eigenvalue weighted by Gasteiger charge is -2.09. The van der Waals surface area contributed by atoms with Crippen molar-refractivity contribution in [3.63, 3.8) is 0 Å². The normalized spacial score (nSPS) is 11.8. The molecule has 0 aliphatic heterocycles. The SMILES string of the molecule is CCc1ccsc1C(=O)C(C#N)c1cccc(C)c1. The minimum atomic E-state index is -0.705. The van der Waals surface area contributed by atoms with Gasteiger partial charge in [-0.2, -0.15) is 5.26 Å². The van der Waals surface area contributed by atoms with Gasteiger partial charge < -0.3 is 0 Å². The van der Waals surface area contributed by atoms with Crippen molar-refractivity contribution in [2.75, 3.05) is 0 Å². The molecule has 0 radical (unpaired) electrons. The molecule has 1 aromatic carbocycles. The third-order valence-corrected chi connectivity index (χ3v) is 4.09. The first-order chi connectivity index (χ1) is 9.17. The Morgan fingerprint density at radius 3 is 2.84 bits per heavy atom. The van der Waals surface area contributed by atoms with Crippen molar-refractivity contribution in [1.29, 1.82) is 5.26 Å². The van der Waals surface area contributed by atoms with Crippen LogP contribution in [-0.2, 0) is 6.42 Å². The number of nitriles is 1. The topological polar surface area (TPSA) is 40.9 Å². The van der Waals surface area contributed by atoms with Crippen LogP contribution in [0.25, 0.3) is 0 Å². The van der Waals surface area contributed by atoms with Crippen LogP contribution in [-0.4, -0.2) is 5.78 Å². The second-order valence-electron chi connectivity index (χ2n) is 4.47. The summed E-state index contributed by atoms with van der Waals surface area (Å²) in [5.41, 5.74) is 2.87. The van der Waals surface area contributed by atoms with Crippen LogP contribution in [0.15, 0.2) is 35.7 Å². The summed E-state index contributed by atoms with van der Waals surface area (Å²) in [5.74, 6) is -0.788. The number of thiophene rings is 1. The van der Waals surface area contributed by atoms with Gasteiger partial charge in [0.15, 0.2) is 5.78 Å². The molecule has 0 saturated carbocycles. The molecule has 2 aromatic rings. The van der Waals surface area contributed by atoms with Crippen LogP contribution in [0.2, 0.25) is 0 Å². The molecular weight excluding hydrogens is 254 g/mol. The maximum absolute atomic E-state index is 12.5. The molecule has 96 valence electrons. The molecule has 0 amide bonds. The number of rotatable bonds is 4. The molecule has 0 saturated heterocycles.